The molecule has 0 aliphatic heterocycles. The van der Waals surface area contributed by atoms with Crippen LogP contribution in [-0.2, 0) is 7.05 Å². The second kappa shape index (κ2) is 3.41. The maximum absolute atomic E-state index is 4.43. The summed E-state index contributed by atoms with van der Waals surface area (Å²) in [5.41, 5.74) is 5.06. The van der Waals surface area contributed by atoms with Crippen molar-refractivity contribution < 1.29 is 0 Å². The molecule has 0 saturated carbocycles. The predicted molar refractivity (Wildman–Crippen MR) is 64.7 cm³/mol. The summed E-state index contributed by atoms with van der Waals surface area (Å²) in [5, 5.41) is 8.67. The van der Waals surface area contributed by atoms with Crippen molar-refractivity contribution in [2.75, 3.05) is 0 Å². The van der Waals surface area contributed by atoms with E-state index in [1.165, 1.54) is 0 Å². The van der Waals surface area contributed by atoms with Crippen LogP contribution in [0.25, 0.3) is 16.8 Å². The number of nitrogens with zero attached hydrogens (tertiary/aromatic N) is 5. The van der Waals surface area contributed by atoms with Crippen molar-refractivity contribution in [1.82, 2.24) is 24.4 Å². The second-order valence-corrected chi connectivity index (χ2v) is 4.26. The van der Waals surface area contributed by atoms with Crippen molar-refractivity contribution in [2.24, 2.45) is 7.05 Å². The number of aryl methyl sites for hydroxylation is 3. The van der Waals surface area contributed by atoms with E-state index in [0.717, 1.165) is 28.0 Å². The zero-order valence-corrected chi connectivity index (χ0v) is 10.0. The number of hydrogen-bond acceptors (Lipinski definition) is 3. The van der Waals surface area contributed by atoms with Gasteiger partial charge in [-0.3, -0.25) is 4.68 Å². The second-order valence-electron chi connectivity index (χ2n) is 4.26. The van der Waals surface area contributed by atoms with E-state index < -0.39 is 0 Å². The van der Waals surface area contributed by atoms with Gasteiger partial charge in [-0.15, -0.1) is 0 Å². The average Bonchev–Trinajstić information content (AvgIpc) is 2.81. The zero-order chi connectivity index (χ0) is 12.0. The van der Waals surface area contributed by atoms with E-state index in [-0.39, 0.29) is 0 Å². The molecule has 5 nitrogen and oxygen atoms in total. The highest BCUT2D eigenvalue weighted by atomic mass is 15.3. The third-order valence-electron chi connectivity index (χ3n) is 2.79. The highest BCUT2D eigenvalue weighted by Crippen LogP contribution is 2.25. The Hall–Kier alpha value is -2.17. The van der Waals surface area contributed by atoms with Crippen molar-refractivity contribution in [1.29, 1.82) is 0 Å². The maximum Gasteiger partial charge on any atom is 0.162 e. The quantitative estimate of drug-likeness (QED) is 0.636. The van der Waals surface area contributed by atoms with Gasteiger partial charge >= 0.3 is 0 Å². The third-order valence-corrected chi connectivity index (χ3v) is 2.79. The molecule has 0 radical (unpaired) electrons. The van der Waals surface area contributed by atoms with E-state index in [1.807, 2.05) is 50.4 Å². The molecule has 0 unspecified atom stereocenters. The maximum atomic E-state index is 4.43. The Labute approximate surface area is 98.7 Å². The van der Waals surface area contributed by atoms with Crippen LogP contribution in [0.2, 0.25) is 0 Å². The molecule has 3 heterocycles. The normalized spacial score (nSPS) is 11.2. The highest BCUT2D eigenvalue weighted by molar-refractivity contribution is 5.77. The van der Waals surface area contributed by atoms with Gasteiger partial charge in [0.15, 0.2) is 5.65 Å². The molecule has 3 aromatic rings. The summed E-state index contributed by atoms with van der Waals surface area (Å²) < 4.78 is 3.61. The monoisotopic (exact) mass is 227 g/mol. The van der Waals surface area contributed by atoms with Crippen molar-refractivity contribution in [3.63, 3.8) is 0 Å². The van der Waals surface area contributed by atoms with E-state index in [0.29, 0.717) is 0 Å². The van der Waals surface area contributed by atoms with Gasteiger partial charge in [0.2, 0.25) is 0 Å². The van der Waals surface area contributed by atoms with Gasteiger partial charge in [0.25, 0.3) is 0 Å². The largest absolute Gasteiger partial charge is 0.275 e. The minimum Gasteiger partial charge on any atom is -0.275 e. The van der Waals surface area contributed by atoms with Gasteiger partial charge in [-0.05, 0) is 19.4 Å². The molecule has 3 aromatic heterocycles. The minimum atomic E-state index is 0.867. The number of fused-ring (bicyclic) bond motifs is 1. The van der Waals surface area contributed by atoms with Gasteiger partial charge in [0, 0.05) is 36.8 Å². The molecule has 0 atom stereocenters. The van der Waals surface area contributed by atoms with E-state index in [1.54, 1.807) is 4.52 Å². The Morgan fingerprint density at radius 2 is 1.88 bits per heavy atom. The Kier molecular flexibility index (Phi) is 2.01. The standard InChI is InChI=1S/C12H13N5/c1-8-4-13-12-10(5-14-17(12)6-8)11-7-16(3)15-9(11)2/h4-7H,1-3H3. The summed E-state index contributed by atoms with van der Waals surface area (Å²) in [6, 6.07) is 0. The summed E-state index contributed by atoms with van der Waals surface area (Å²) >= 11 is 0. The molecular weight excluding hydrogens is 214 g/mol. The first-order valence-corrected chi connectivity index (χ1v) is 5.46. The van der Waals surface area contributed by atoms with E-state index in [4.69, 9.17) is 0 Å². The van der Waals surface area contributed by atoms with Crippen molar-refractivity contribution in [3.05, 3.63) is 36.0 Å². The van der Waals surface area contributed by atoms with Gasteiger partial charge in [-0.25, -0.2) is 9.50 Å². The van der Waals surface area contributed by atoms with Crippen LogP contribution in [0.4, 0.5) is 0 Å². The Bertz CT molecular complexity index is 692. The molecule has 0 N–H and O–H groups in total. The SMILES string of the molecule is Cc1cnc2c(-c3cn(C)nc3C)cnn2c1. The Morgan fingerprint density at radius 3 is 2.59 bits per heavy atom. The van der Waals surface area contributed by atoms with Gasteiger partial charge in [0.05, 0.1) is 11.9 Å². The molecule has 0 aliphatic rings. The molecular formula is C12H13N5. The molecule has 0 aromatic carbocycles. The molecule has 5 heteroatoms. The molecule has 0 bridgehead atoms. The van der Waals surface area contributed by atoms with Crippen molar-refractivity contribution >= 4 is 5.65 Å². The summed E-state index contributed by atoms with van der Waals surface area (Å²) in [6.07, 6.45) is 7.66. The van der Waals surface area contributed by atoms with Crippen molar-refractivity contribution in [3.8, 4) is 11.1 Å². The predicted octanol–water partition coefficient (Wildman–Crippen LogP) is 1.75. The van der Waals surface area contributed by atoms with Gasteiger partial charge in [-0.2, -0.15) is 10.2 Å². The lowest BCUT2D eigenvalue weighted by Gasteiger charge is -1.97. The van der Waals surface area contributed by atoms with Crippen LogP contribution in [-0.4, -0.2) is 24.4 Å². The molecule has 17 heavy (non-hydrogen) atoms. The summed E-state index contributed by atoms with van der Waals surface area (Å²) in [6.45, 7) is 4.00. The van der Waals surface area contributed by atoms with Crippen LogP contribution >= 0.6 is 0 Å². The van der Waals surface area contributed by atoms with Crippen LogP contribution in [0, 0.1) is 13.8 Å². The van der Waals surface area contributed by atoms with E-state index in [2.05, 4.69) is 15.2 Å². The number of aromatic nitrogens is 5. The van der Waals surface area contributed by atoms with Gasteiger partial charge in [0.1, 0.15) is 0 Å². The van der Waals surface area contributed by atoms with Crippen LogP contribution < -0.4 is 0 Å². The minimum absolute atomic E-state index is 0.867. The summed E-state index contributed by atoms with van der Waals surface area (Å²) in [7, 11) is 1.92. The lowest BCUT2D eigenvalue weighted by Crippen LogP contribution is -1.91. The molecule has 0 spiro atoms. The first-order chi connectivity index (χ1) is 8.15. The highest BCUT2D eigenvalue weighted by Gasteiger charge is 2.12. The van der Waals surface area contributed by atoms with Crippen LogP contribution in [0.5, 0.6) is 0 Å². The fourth-order valence-electron chi connectivity index (χ4n) is 2.02. The lowest BCUT2D eigenvalue weighted by molar-refractivity contribution is 0.756. The summed E-state index contributed by atoms with van der Waals surface area (Å²) in [5.74, 6) is 0. The van der Waals surface area contributed by atoms with Crippen LogP contribution in [0.1, 0.15) is 11.3 Å². The van der Waals surface area contributed by atoms with E-state index >= 15 is 0 Å². The number of hydrogen-bond donors (Lipinski definition) is 0. The van der Waals surface area contributed by atoms with E-state index in [9.17, 15) is 0 Å². The third kappa shape index (κ3) is 1.51. The molecule has 0 aliphatic carbocycles. The molecule has 0 amide bonds. The molecule has 86 valence electrons. The van der Waals surface area contributed by atoms with Gasteiger partial charge in [-0.1, -0.05) is 0 Å². The lowest BCUT2D eigenvalue weighted by atomic mass is 10.1. The number of rotatable bonds is 1. The topological polar surface area (TPSA) is 48.0 Å². The average molecular weight is 227 g/mol. The van der Waals surface area contributed by atoms with Crippen molar-refractivity contribution in [2.45, 2.75) is 13.8 Å². The molecule has 0 saturated heterocycles. The van der Waals surface area contributed by atoms with Crippen LogP contribution in [0.3, 0.4) is 0 Å². The van der Waals surface area contributed by atoms with Crippen LogP contribution in [0.15, 0.2) is 24.8 Å². The smallest absolute Gasteiger partial charge is 0.162 e. The zero-order valence-electron chi connectivity index (χ0n) is 10.0. The molecule has 0 fully saturated rings. The molecule has 3 rings (SSSR count). The first kappa shape index (κ1) is 10.0. The fourth-order valence-corrected chi connectivity index (χ4v) is 2.02. The Balaban J connectivity index is 2.28. The fraction of sp³-hybridized carbons (Fsp3) is 0.250. The Morgan fingerprint density at radius 1 is 1.06 bits per heavy atom. The summed E-state index contributed by atoms with van der Waals surface area (Å²) in [4.78, 5) is 4.43. The first-order valence-electron chi connectivity index (χ1n) is 5.46. The van der Waals surface area contributed by atoms with Gasteiger partial charge < -0.3 is 0 Å².